The number of hydrogen-bond acceptors (Lipinski definition) is 4. The molecule has 0 aliphatic carbocycles. The number of piperidine rings is 1. The first-order valence-electron chi connectivity index (χ1n) is 8.14. The van der Waals surface area contributed by atoms with Gasteiger partial charge in [-0.05, 0) is 37.9 Å². The lowest BCUT2D eigenvalue weighted by Crippen LogP contribution is -2.46. The zero-order valence-corrected chi connectivity index (χ0v) is 13.7. The molecule has 130 valence electrons. The van der Waals surface area contributed by atoms with Crippen LogP contribution in [0, 0.1) is 0 Å². The van der Waals surface area contributed by atoms with Gasteiger partial charge in [0, 0.05) is 18.3 Å². The van der Waals surface area contributed by atoms with Crippen molar-refractivity contribution in [3.8, 4) is 0 Å². The Hall–Kier alpha value is -1.63. The number of aliphatic hydroxyl groups is 2. The molecule has 0 spiro atoms. The Morgan fingerprint density at radius 1 is 1.35 bits per heavy atom. The molecule has 23 heavy (non-hydrogen) atoms. The highest BCUT2D eigenvalue weighted by Crippen LogP contribution is 2.17. The minimum atomic E-state index is -1.04. The van der Waals surface area contributed by atoms with Crippen LogP contribution in [0.3, 0.4) is 0 Å². The van der Waals surface area contributed by atoms with Gasteiger partial charge in [-0.25, -0.2) is 4.79 Å². The first-order chi connectivity index (χ1) is 11.1. The Balaban J connectivity index is 0.000000238. The number of nitrogens with one attached hydrogen (secondary N) is 1. The number of likely N-dealkylation sites (tertiary alicyclic amines) is 1. The topological polar surface area (TPSA) is 93.0 Å². The van der Waals surface area contributed by atoms with Gasteiger partial charge in [-0.1, -0.05) is 31.5 Å². The SMILES string of the molecule is CCCCN1CCC(O)CC1CO.O=C(O)Nc1ccccc1. The molecule has 1 heterocycles. The zero-order chi connectivity index (χ0) is 17.1. The summed E-state index contributed by atoms with van der Waals surface area (Å²) in [6, 6.07) is 8.93. The molecule has 1 saturated heterocycles. The van der Waals surface area contributed by atoms with Crippen LogP contribution < -0.4 is 5.32 Å². The van der Waals surface area contributed by atoms with Gasteiger partial charge < -0.3 is 15.3 Å². The van der Waals surface area contributed by atoms with Crippen LogP contribution in [0.2, 0.25) is 0 Å². The van der Waals surface area contributed by atoms with E-state index in [2.05, 4.69) is 17.1 Å². The van der Waals surface area contributed by atoms with E-state index < -0.39 is 6.09 Å². The third-order valence-corrected chi connectivity index (χ3v) is 3.84. The van der Waals surface area contributed by atoms with Gasteiger partial charge in [0.15, 0.2) is 0 Å². The second kappa shape index (κ2) is 11.0. The molecule has 1 amide bonds. The van der Waals surface area contributed by atoms with Gasteiger partial charge in [-0.3, -0.25) is 10.2 Å². The Bertz CT molecular complexity index is 439. The van der Waals surface area contributed by atoms with Gasteiger partial charge in [0.2, 0.25) is 0 Å². The molecule has 2 unspecified atom stereocenters. The normalized spacial score (nSPS) is 21.2. The molecule has 1 aromatic carbocycles. The van der Waals surface area contributed by atoms with E-state index in [1.165, 1.54) is 12.8 Å². The fraction of sp³-hybridized carbons (Fsp3) is 0.588. The first kappa shape index (κ1) is 19.4. The van der Waals surface area contributed by atoms with Crippen LogP contribution in [0.25, 0.3) is 0 Å². The van der Waals surface area contributed by atoms with Crippen LogP contribution in [0.1, 0.15) is 32.6 Å². The molecule has 1 aliphatic heterocycles. The van der Waals surface area contributed by atoms with E-state index in [0.717, 1.165) is 25.9 Å². The average molecular weight is 324 g/mol. The Morgan fingerprint density at radius 2 is 2.04 bits per heavy atom. The first-order valence-corrected chi connectivity index (χ1v) is 8.14. The van der Waals surface area contributed by atoms with E-state index in [1.807, 2.05) is 6.07 Å². The second-order valence-electron chi connectivity index (χ2n) is 5.70. The molecule has 1 fully saturated rings. The summed E-state index contributed by atoms with van der Waals surface area (Å²) in [7, 11) is 0. The fourth-order valence-electron chi connectivity index (χ4n) is 2.57. The van der Waals surface area contributed by atoms with Crippen molar-refractivity contribution in [3.63, 3.8) is 0 Å². The number of hydrogen-bond donors (Lipinski definition) is 4. The minimum Gasteiger partial charge on any atom is -0.465 e. The molecule has 1 aromatic rings. The largest absolute Gasteiger partial charge is 0.465 e. The van der Waals surface area contributed by atoms with E-state index in [4.69, 9.17) is 10.2 Å². The quantitative estimate of drug-likeness (QED) is 0.667. The summed E-state index contributed by atoms with van der Waals surface area (Å²) in [6.07, 6.45) is 2.74. The van der Waals surface area contributed by atoms with Crippen LogP contribution in [-0.2, 0) is 0 Å². The Kier molecular flexibility index (Phi) is 9.28. The summed E-state index contributed by atoms with van der Waals surface area (Å²) in [4.78, 5) is 12.4. The van der Waals surface area contributed by atoms with Crippen molar-refractivity contribution < 1.29 is 20.1 Å². The van der Waals surface area contributed by atoms with Crippen LogP contribution >= 0.6 is 0 Å². The molecular weight excluding hydrogens is 296 g/mol. The van der Waals surface area contributed by atoms with Crippen molar-refractivity contribution in [2.75, 3.05) is 25.0 Å². The van der Waals surface area contributed by atoms with Crippen molar-refractivity contribution >= 4 is 11.8 Å². The van der Waals surface area contributed by atoms with Crippen LogP contribution in [0.4, 0.5) is 10.5 Å². The number of rotatable bonds is 5. The highest BCUT2D eigenvalue weighted by Gasteiger charge is 2.25. The lowest BCUT2D eigenvalue weighted by molar-refractivity contribution is 0.0166. The average Bonchev–Trinajstić information content (AvgIpc) is 2.54. The lowest BCUT2D eigenvalue weighted by Gasteiger charge is -2.36. The van der Waals surface area contributed by atoms with Crippen molar-refractivity contribution in [3.05, 3.63) is 30.3 Å². The molecular formula is C17H28N2O4. The molecule has 6 heteroatoms. The molecule has 2 atom stereocenters. The lowest BCUT2D eigenvalue weighted by atomic mass is 10.00. The van der Waals surface area contributed by atoms with Gasteiger partial charge in [-0.2, -0.15) is 0 Å². The number of nitrogens with zero attached hydrogens (tertiary/aromatic N) is 1. The summed E-state index contributed by atoms with van der Waals surface area (Å²) in [6.45, 7) is 4.36. The van der Waals surface area contributed by atoms with Crippen molar-refractivity contribution in [2.45, 2.75) is 44.8 Å². The van der Waals surface area contributed by atoms with Gasteiger partial charge in [0.05, 0.1) is 12.7 Å². The predicted octanol–water partition coefficient (Wildman–Crippen LogP) is 2.38. The molecule has 0 saturated carbocycles. The maximum absolute atomic E-state index is 10.1. The van der Waals surface area contributed by atoms with Gasteiger partial charge in [0.25, 0.3) is 0 Å². The molecule has 0 bridgehead atoms. The van der Waals surface area contributed by atoms with Gasteiger partial charge >= 0.3 is 6.09 Å². The standard InChI is InChI=1S/C10H21NO2.C7H7NO2/c1-2-3-5-11-6-4-10(13)7-9(11)8-12;9-7(10)8-6-4-2-1-3-5-6/h9-10,12-13H,2-8H2,1H3;1-5,8H,(H,9,10). The highest BCUT2D eigenvalue weighted by atomic mass is 16.4. The smallest absolute Gasteiger partial charge is 0.409 e. The summed E-state index contributed by atoms with van der Waals surface area (Å²) in [5.74, 6) is 0. The summed E-state index contributed by atoms with van der Waals surface area (Å²) in [5, 5.41) is 29.0. The van der Waals surface area contributed by atoms with E-state index in [-0.39, 0.29) is 18.8 Å². The maximum atomic E-state index is 10.1. The number of aliphatic hydroxyl groups excluding tert-OH is 2. The van der Waals surface area contributed by atoms with E-state index in [9.17, 15) is 9.90 Å². The van der Waals surface area contributed by atoms with E-state index in [0.29, 0.717) is 5.69 Å². The number of carboxylic acid groups (broad SMARTS) is 1. The third kappa shape index (κ3) is 7.97. The van der Waals surface area contributed by atoms with E-state index in [1.54, 1.807) is 24.3 Å². The number of benzene rings is 1. The van der Waals surface area contributed by atoms with Gasteiger partial charge in [-0.15, -0.1) is 0 Å². The predicted molar refractivity (Wildman–Crippen MR) is 90.7 cm³/mol. The summed E-state index contributed by atoms with van der Waals surface area (Å²) >= 11 is 0. The Labute approximate surface area is 137 Å². The summed E-state index contributed by atoms with van der Waals surface area (Å²) in [5.41, 5.74) is 0.593. The maximum Gasteiger partial charge on any atom is 0.409 e. The van der Waals surface area contributed by atoms with Crippen molar-refractivity contribution in [2.24, 2.45) is 0 Å². The van der Waals surface area contributed by atoms with Crippen molar-refractivity contribution in [1.82, 2.24) is 4.90 Å². The monoisotopic (exact) mass is 324 g/mol. The zero-order valence-electron chi connectivity index (χ0n) is 13.7. The number of anilines is 1. The molecule has 0 radical (unpaired) electrons. The second-order valence-corrected chi connectivity index (χ2v) is 5.70. The number of amides is 1. The number of unbranched alkanes of at least 4 members (excludes halogenated alkanes) is 1. The molecule has 0 aromatic heterocycles. The number of para-hydroxylation sites is 1. The van der Waals surface area contributed by atoms with Crippen LogP contribution in [0.15, 0.2) is 30.3 Å². The summed E-state index contributed by atoms with van der Waals surface area (Å²) < 4.78 is 0. The fourth-order valence-corrected chi connectivity index (χ4v) is 2.57. The molecule has 2 rings (SSSR count). The van der Waals surface area contributed by atoms with Crippen LogP contribution in [-0.4, -0.2) is 58.2 Å². The molecule has 4 N–H and O–H groups in total. The van der Waals surface area contributed by atoms with Gasteiger partial charge in [0.1, 0.15) is 0 Å². The third-order valence-electron chi connectivity index (χ3n) is 3.84. The highest BCUT2D eigenvalue weighted by molar-refractivity contribution is 5.82. The Morgan fingerprint density at radius 3 is 2.61 bits per heavy atom. The van der Waals surface area contributed by atoms with Crippen molar-refractivity contribution in [1.29, 1.82) is 0 Å². The van der Waals surface area contributed by atoms with E-state index >= 15 is 0 Å². The minimum absolute atomic E-state index is 0.181. The van der Waals surface area contributed by atoms with Crippen LogP contribution in [0.5, 0.6) is 0 Å². The molecule has 6 nitrogen and oxygen atoms in total. The number of carbonyl (C=O) groups is 1. The molecule has 1 aliphatic rings.